The van der Waals surface area contributed by atoms with Crippen molar-refractivity contribution in [1.29, 1.82) is 0 Å². The minimum atomic E-state index is -2.24. The summed E-state index contributed by atoms with van der Waals surface area (Å²) < 4.78 is 77.5. The first-order valence-electron chi connectivity index (χ1n) is 11.1. The van der Waals surface area contributed by atoms with Gasteiger partial charge in [-0.15, -0.1) is 0 Å². The summed E-state index contributed by atoms with van der Waals surface area (Å²) in [6.45, 7) is 0.234. The van der Waals surface area contributed by atoms with E-state index < -0.39 is 45.8 Å². The molecule has 0 aliphatic heterocycles. The average molecular weight is 574 g/mol. The van der Waals surface area contributed by atoms with E-state index in [1.807, 2.05) is 0 Å². The molecule has 0 saturated carbocycles. The maximum absolute atomic E-state index is 14.5. The van der Waals surface area contributed by atoms with Crippen LogP contribution in [0.25, 0.3) is 54.6 Å². The first-order valence-corrected chi connectivity index (χ1v) is 12.2. The molecule has 186 valence electrons. The predicted molar refractivity (Wildman–Crippen MR) is 134 cm³/mol. The molecule has 6 aromatic rings. The molecule has 0 unspecified atom stereocenters. The molecule has 10 heteroatoms. The SMILES string of the molecule is O=c1c2ccc3oc4ccc(-c5c(F)c(F)c(F)c(F)c5F)cc4c4ccc(c(=O)n1CCCBr)c2c34. The van der Waals surface area contributed by atoms with E-state index >= 15 is 0 Å². The molecule has 0 aliphatic carbocycles. The minimum absolute atomic E-state index is 0.234. The van der Waals surface area contributed by atoms with Gasteiger partial charge in [0.05, 0.1) is 5.56 Å². The van der Waals surface area contributed by atoms with Crippen LogP contribution in [0.5, 0.6) is 0 Å². The van der Waals surface area contributed by atoms with E-state index in [0.29, 0.717) is 49.7 Å². The zero-order valence-electron chi connectivity index (χ0n) is 18.6. The molecule has 2 aromatic heterocycles. The summed E-state index contributed by atoms with van der Waals surface area (Å²) >= 11 is 3.30. The second-order valence-corrected chi connectivity index (χ2v) is 9.38. The Morgan fingerprint density at radius 3 is 1.89 bits per heavy atom. The highest BCUT2D eigenvalue weighted by molar-refractivity contribution is 9.09. The first-order chi connectivity index (χ1) is 17.7. The minimum Gasteiger partial charge on any atom is -0.456 e. The number of nitrogens with zero attached hydrogens (tertiary/aromatic N) is 1. The average Bonchev–Trinajstić information content (AvgIpc) is 2.90. The Morgan fingerprint density at radius 2 is 1.24 bits per heavy atom. The Hall–Kier alpha value is -3.79. The van der Waals surface area contributed by atoms with E-state index in [1.165, 1.54) is 22.8 Å². The molecular formula is C27H13BrF5NO3. The van der Waals surface area contributed by atoms with Crippen molar-refractivity contribution in [3.8, 4) is 11.1 Å². The topological polar surface area (TPSA) is 52.2 Å². The highest BCUT2D eigenvalue weighted by atomic mass is 79.9. The molecule has 0 spiro atoms. The predicted octanol–water partition coefficient (Wildman–Crippen LogP) is 7.00. The lowest BCUT2D eigenvalue weighted by molar-refractivity contribution is 0.381. The number of pyridine rings is 1. The van der Waals surface area contributed by atoms with Crippen LogP contribution in [0.4, 0.5) is 22.0 Å². The van der Waals surface area contributed by atoms with Crippen molar-refractivity contribution in [3.05, 3.63) is 92.3 Å². The fraction of sp³-hybridized carbons (Fsp3) is 0.111. The van der Waals surface area contributed by atoms with Gasteiger partial charge >= 0.3 is 0 Å². The van der Waals surface area contributed by atoms with Crippen LogP contribution in [-0.2, 0) is 6.54 Å². The molecule has 0 atom stereocenters. The highest BCUT2D eigenvalue weighted by Crippen LogP contribution is 2.39. The molecule has 0 radical (unpaired) electrons. The van der Waals surface area contributed by atoms with Crippen LogP contribution in [0.2, 0.25) is 0 Å². The zero-order valence-corrected chi connectivity index (χ0v) is 20.2. The summed E-state index contributed by atoms with van der Waals surface area (Å²) in [7, 11) is 0. The number of rotatable bonds is 4. The van der Waals surface area contributed by atoms with Crippen LogP contribution >= 0.6 is 15.9 Å². The summed E-state index contributed by atoms with van der Waals surface area (Å²) in [5.74, 6) is -10.2. The van der Waals surface area contributed by atoms with Crippen molar-refractivity contribution in [2.24, 2.45) is 0 Å². The molecule has 2 heterocycles. The fourth-order valence-electron chi connectivity index (χ4n) is 4.90. The van der Waals surface area contributed by atoms with Gasteiger partial charge in [0, 0.05) is 38.8 Å². The second kappa shape index (κ2) is 8.37. The van der Waals surface area contributed by atoms with Crippen molar-refractivity contribution < 1.29 is 26.4 Å². The Bertz CT molecular complexity index is 1970. The third-order valence-corrected chi connectivity index (χ3v) is 7.14. The van der Waals surface area contributed by atoms with Gasteiger partial charge in [0.1, 0.15) is 11.2 Å². The van der Waals surface area contributed by atoms with E-state index in [0.717, 1.165) is 0 Å². The molecule has 37 heavy (non-hydrogen) atoms. The Kier molecular flexibility index (Phi) is 5.34. The van der Waals surface area contributed by atoms with Crippen LogP contribution in [0, 0.1) is 29.1 Å². The first kappa shape index (κ1) is 23.6. The second-order valence-electron chi connectivity index (χ2n) is 8.58. The lowest BCUT2D eigenvalue weighted by atomic mass is 9.94. The van der Waals surface area contributed by atoms with Gasteiger partial charge in [0.2, 0.25) is 5.82 Å². The molecule has 0 bridgehead atoms. The van der Waals surface area contributed by atoms with Crippen LogP contribution in [0.1, 0.15) is 6.42 Å². The monoisotopic (exact) mass is 573 g/mol. The molecule has 0 amide bonds. The maximum Gasteiger partial charge on any atom is 0.261 e. The summed E-state index contributed by atoms with van der Waals surface area (Å²) in [6, 6.07) is 10.2. The highest BCUT2D eigenvalue weighted by Gasteiger charge is 2.27. The van der Waals surface area contributed by atoms with Gasteiger partial charge in [-0.1, -0.05) is 28.1 Å². The number of hydrogen-bond acceptors (Lipinski definition) is 3. The molecule has 0 fully saturated rings. The van der Waals surface area contributed by atoms with Gasteiger partial charge < -0.3 is 4.42 Å². The molecule has 0 N–H and O–H groups in total. The molecule has 4 nitrogen and oxygen atoms in total. The number of hydrogen-bond donors (Lipinski definition) is 0. The van der Waals surface area contributed by atoms with Crippen LogP contribution in [0.3, 0.4) is 0 Å². The number of fused-ring (bicyclic) bond motifs is 2. The van der Waals surface area contributed by atoms with E-state index in [-0.39, 0.29) is 17.7 Å². The van der Waals surface area contributed by atoms with Gasteiger partial charge in [-0.3, -0.25) is 14.2 Å². The molecule has 0 saturated heterocycles. The Labute approximate surface area is 212 Å². The van der Waals surface area contributed by atoms with Crippen LogP contribution in [0.15, 0.2) is 56.5 Å². The number of benzene rings is 4. The van der Waals surface area contributed by atoms with Crippen molar-refractivity contribution in [3.63, 3.8) is 0 Å². The van der Waals surface area contributed by atoms with Gasteiger partial charge in [-0.2, -0.15) is 0 Å². The van der Waals surface area contributed by atoms with E-state index in [1.54, 1.807) is 24.3 Å². The molecular weight excluding hydrogens is 561 g/mol. The Morgan fingerprint density at radius 1 is 0.676 bits per heavy atom. The summed E-state index contributed by atoms with van der Waals surface area (Å²) in [5, 5.41) is 2.82. The van der Waals surface area contributed by atoms with Crippen molar-refractivity contribution in [2.45, 2.75) is 13.0 Å². The van der Waals surface area contributed by atoms with Crippen LogP contribution in [-0.4, -0.2) is 9.90 Å². The summed E-state index contributed by atoms with van der Waals surface area (Å²) in [5.41, 5.74) is -1.60. The smallest absolute Gasteiger partial charge is 0.261 e. The maximum atomic E-state index is 14.5. The number of aromatic nitrogens is 1. The van der Waals surface area contributed by atoms with Gasteiger partial charge in [0.25, 0.3) is 11.1 Å². The molecule has 6 rings (SSSR count). The molecule has 0 aliphatic rings. The van der Waals surface area contributed by atoms with E-state index in [2.05, 4.69) is 15.9 Å². The fourth-order valence-corrected chi connectivity index (χ4v) is 5.15. The van der Waals surface area contributed by atoms with Crippen molar-refractivity contribution in [1.82, 2.24) is 4.57 Å². The zero-order chi connectivity index (χ0) is 26.2. The lowest BCUT2D eigenvalue weighted by Crippen LogP contribution is -2.33. The van der Waals surface area contributed by atoms with E-state index in [9.17, 15) is 31.5 Å². The quantitative estimate of drug-likeness (QED) is 0.0569. The van der Waals surface area contributed by atoms with Crippen molar-refractivity contribution >= 4 is 59.4 Å². The van der Waals surface area contributed by atoms with Crippen molar-refractivity contribution in [2.75, 3.05) is 5.33 Å². The normalized spacial score (nSPS) is 12.1. The van der Waals surface area contributed by atoms with Gasteiger partial charge in [-0.25, -0.2) is 22.0 Å². The Balaban J connectivity index is 1.72. The largest absolute Gasteiger partial charge is 0.456 e. The lowest BCUT2D eigenvalue weighted by Gasteiger charge is -2.14. The van der Waals surface area contributed by atoms with Crippen LogP contribution < -0.4 is 11.1 Å². The number of halogens is 6. The third-order valence-electron chi connectivity index (χ3n) is 6.58. The van der Waals surface area contributed by atoms with Gasteiger partial charge in [0.15, 0.2) is 23.3 Å². The van der Waals surface area contributed by atoms with E-state index in [4.69, 9.17) is 4.42 Å². The standard InChI is InChI=1S/C27H13BrF5NO3/c28-8-1-9-34-26(35)13-4-3-12-15-10-11(18-21(29)23(31)25(33)24(32)22(18)30)2-6-16(15)37-17-7-5-14(27(34)36)19(13)20(12)17/h2-7,10H,1,8-9H2. The molecule has 4 aromatic carbocycles. The third kappa shape index (κ3) is 3.24. The summed E-state index contributed by atoms with van der Waals surface area (Å²) in [6.07, 6.45) is 0.572. The van der Waals surface area contributed by atoms with Gasteiger partial charge in [-0.05, 0) is 47.7 Å². The summed E-state index contributed by atoms with van der Waals surface area (Å²) in [4.78, 5) is 26.3. The number of alkyl halides is 1.